The molecular formula is C16H20F5NO2. The average Bonchev–Trinajstić information content (AvgIpc) is 2.56. The van der Waals surface area contributed by atoms with Gasteiger partial charge in [0.15, 0.2) is 23.3 Å². The van der Waals surface area contributed by atoms with Crippen LogP contribution in [0, 0.1) is 40.9 Å². The third-order valence-corrected chi connectivity index (χ3v) is 4.17. The Morgan fingerprint density at radius 1 is 1.04 bits per heavy atom. The van der Waals surface area contributed by atoms with Crippen molar-refractivity contribution in [2.45, 2.75) is 39.0 Å². The van der Waals surface area contributed by atoms with Crippen molar-refractivity contribution in [2.24, 2.45) is 17.6 Å². The van der Waals surface area contributed by atoms with Crippen molar-refractivity contribution >= 4 is 5.97 Å². The fourth-order valence-corrected chi connectivity index (χ4v) is 2.63. The first-order valence-corrected chi connectivity index (χ1v) is 7.67. The van der Waals surface area contributed by atoms with Crippen LogP contribution in [0.4, 0.5) is 22.0 Å². The van der Waals surface area contributed by atoms with Gasteiger partial charge in [0.05, 0.1) is 5.92 Å². The Labute approximate surface area is 136 Å². The minimum absolute atomic E-state index is 0.0243. The van der Waals surface area contributed by atoms with E-state index >= 15 is 0 Å². The molecule has 0 aromatic heterocycles. The van der Waals surface area contributed by atoms with E-state index in [4.69, 9.17) is 10.8 Å². The fourth-order valence-electron chi connectivity index (χ4n) is 2.63. The molecule has 0 amide bonds. The number of benzene rings is 1. The Hall–Kier alpha value is -1.70. The molecule has 2 unspecified atom stereocenters. The van der Waals surface area contributed by atoms with E-state index in [0.29, 0.717) is 19.3 Å². The van der Waals surface area contributed by atoms with E-state index in [0.717, 1.165) is 0 Å². The molecule has 0 radical (unpaired) electrons. The highest BCUT2D eigenvalue weighted by Gasteiger charge is 2.26. The lowest BCUT2D eigenvalue weighted by Gasteiger charge is -2.19. The Balaban J connectivity index is 2.75. The van der Waals surface area contributed by atoms with Crippen molar-refractivity contribution in [1.29, 1.82) is 0 Å². The first-order chi connectivity index (χ1) is 11.2. The second kappa shape index (κ2) is 8.96. The van der Waals surface area contributed by atoms with Crippen molar-refractivity contribution in [3.8, 4) is 0 Å². The summed E-state index contributed by atoms with van der Waals surface area (Å²) in [7, 11) is 0. The second-order valence-corrected chi connectivity index (χ2v) is 5.72. The lowest BCUT2D eigenvalue weighted by Crippen LogP contribution is -2.25. The van der Waals surface area contributed by atoms with Crippen LogP contribution in [0.15, 0.2) is 0 Å². The number of carboxylic acids is 1. The van der Waals surface area contributed by atoms with Gasteiger partial charge in [-0.1, -0.05) is 19.8 Å². The molecule has 0 bridgehead atoms. The minimum Gasteiger partial charge on any atom is -0.481 e. The zero-order valence-electron chi connectivity index (χ0n) is 13.2. The highest BCUT2D eigenvalue weighted by atomic mass is 19.2. The summed E-state index contributed by atoms with van der Waals surface area (Å²) >= 11 is 0. The van der Waals surface area contributed by atoms with Gasteiger partial charge in [-0.2, -0.15) is 0 Å². The average molecular weight is 353 g/mol. The fraction of sp³-hybridized carbons (Fsp3) is 0.562. The van der Waals surface area contributed by atoms with Gasteiger partial charge in [-0.3, -0.25) is 4.79 Å². The van der Waals surface area contributed by atoms with Gasteiger partial charge in [-0.15, -0.1) is 0 Å². The predicted molar refractivity (Wildman–Crippen MR) is 77.7 cm³/mol. The largest absolute Gasteiger partial charge is 0.481 e. The summed E-state index contributed by atoms with van der Waals surface area (Å²) in [6.07, 6.45) is 1.19. The number of carbonyl (C=O) groups is 1. The molecule has 0 heterocycles. The zero-order valence-corrected chi connectivity index (χ0v) is 13.2. The molecule has 1 rings (SSSR count). The van der Waals surface area contributed by atoms with Gasteiger partial charge in [0.2, 0.25) is 5.82 Å². The summed E-state index contributed by atoms with van der Waals surface area (Å²) in [6.45, 7) is 1.81. The predicted octanol–water partition coefficient (Wildman–Crippen LogP) is 3.78. The van der Waals surface area contributed by atoms with E-state index < -0.39 is 46.5 Å². The molecule has 0 saturated carbocycles. The molecule has 0 aliphatic heterocycles. The lowest BCUT2D eigenvalue weighted by molar-refractivity contribution is -0.142. The van der Waals surface area contributed by atoms with Crippen LogP contribution in [0.1, 0.15) is 38.2 Å². The highest BCUT2D eigenvalue weighted by Crippen LogP contribution is 2.26. The smallest absolute Gasteiger partial charge is 0.307 e. The quantitative estimate of drug-likeness (QED) is 0.403. The van der Waals surface area contributed by atoms with Gasteiger partial charge in [-0.05, 0) is 25.2 Å². The van der Waals surface area contributed by atoms with Crippen molar-refractivity contribution in [3.05, 3.63) is 34.6 Å². The van der Waals surface area contributed by atoms with Gasteiger partial charge in [0.1, 0.15) is 0 Å². The van der Waals surface area contributed by atoms with Crippen molar-refractivity contribution in [2.75, 3.05) is 6.54 Å². The van der Waals surface area contributed by atoms with Crippen molar-refractivity contribution < 1.29 is 31.9 Å². The normalized spacial score (nSPS) is 13.8. The molecule has 24 heavy (non-hydrogen) atoms. The van der Waals surface area contributed by atoms with E-state index in [2.05, 4.69) is 0 Å². The molecule has 0 aliphatic carbocycles. The SMILES string of the molecule is CCC(CCCc1c(F)c(F)c(F)c(F)c1F)CC(CN)C(=O)O. The summed E-state index contributed by atoms with van der Waals surface area (Å²) in [5.41, 5.74) is 4.55. The van der Waals surface area contributed by atoms with Gasteiger partial charge in [-0.25, -0.2) is 22.0 Å². The Morgan fingerprint density at radius 3 is 1.96 bits per heavy atom. The Bertz CT molecular complexity index is 565. The van der Waals surface area contributed by atoms with Crippen molar-refractivity contribution in [1.82, 2.24) is 0 Å². The maximum Gasteiger partial charge on any atom is 0.307 e. The first kappa shape index (κ1) is 20.3. The molecule has 0 spiro atoms. The monoisotopic (exact) mass is 353 g/mol. The molecule has 2 atom stereocenters. The minimum atomic E-state index is -2.17. The van der Waals surface area contributed by atoms with Crippen LogP contribution in [-0.2, 0) is 11.2 Å². The van der Waals surface area contributed by atoms with E-state index in [1.54, 1.807) is 0 Å². The topological polar surface area (TPSA) is 63.3 Å². The van der Waals surface area contributed by atoms with E-state index in [9.17, 15) is 26.7 Å². The number of nitrogens with two attached hydrogens (primary N) is 1. The molecule has 3 nitrogen and oxygen atoms in total. The maximum absolute atomic E-state index is 13.6. The Kier molecular flexibility index (Phi) is 7.59. The van der Waals surface area contributed by atoms with Crippen LogP contribution in [0.3, 0.4) is 0 Å². The zero-order chi connectivity index (χ0) is 18.4. The van der Waals surface area contributed by atoms with Gasteiger partial charge in [0.25, 0.3) is 0 Å². The lowest BCUT2D eigenvalue weighted by atomic mass is 9.88. The Morgan fingerprint density at radius 2 is 1.54 bits per heavy atom. The summed E-state index contributed by atoms with van der Waals surface area (Å²) in [5.74, 6) is -11.5. The van der Waals surface area contributed by atoms with E-state index in [1.807, 2.05) is 6.92 Å². The van der Waals surface area contributed by atoms with Crippen LogP contribution in [0.2, 0.25) is 0 Å². The number of halogens is 5. The van der Waals surface area contributed by atoms with Gasteiger partial charge in [0, 0.05) is 12.1 Å². The van der Waals surface area contributed by atoms with Crippen LogP contribution in [-0.4, -0.2) is 17.6 Å². The summed E-state index contributed by atoms with van der Waals surface area (Å²) in [6, 6.07) is 0. The van der Waals surface area contributed by atoms with Crippen LogP contribution >= 0.6 is 0 Å². The first-order valence-electron chi connectivity index (χ1n) is 7.67. The summed E-state index contributed by atoms with van der Waals surface area (Å²) < 4.78 is 66.3. The molecule has 0 fully saturated rings. The number of rotatable bonds is 9. The second-order valence-electron chi connectivity index (χ2n) is 5.72. The summed E-state index contributed by atoms with van der Waals surface area (Å²) in [5, 5.41) is 8.98. The maximum atomic E-state index is 13.6. The standard InChI is InChI=1S/C16H20F5NO2/c1-2-8(6-9(7-22)16(23)24)4-3-5-10-11(17)13(19)15(21)14(20)12(10)18/h8-9H,2-7,22H2,1H3,(H,23,24). The number of carboxylic acid groups (broad SMARTS) is 1. The van der Waals surface area contributed by atoms with Crippen LogP contribution < -0.4 is 5.73 Å². The van der Waals surface area contributed by atoms with Crippen LogP contribution in [0.25, 0.3) is 0 Å². The third kappa shape index (κ3) is 4.66. The third-order valence-electron chi connectivity index (χ3n) is 4.17. The molecule has 0 saturated heterocycles. The van der Waals surface area contributed by atoms with Gasteiger partial charge < -0.3 is 10.8 Å². The molecule has 8 heteroatoms. The number of hydrogen-bond donors (Lipinski definition) is 2. The molecule has 0 aliphatic rings. The molecule has 136 valence electrons. The highest BCUT2D eigenvalue weighted by molar-refractivity contribution is 5.70. The molecule has 3 N–H and O–H groups in total. The van der Waals surface area contributed by atoms with E-state index in [1.165, 1.54) is 0 Å². The van der Waals surface area contributed by atoms with Crippen LogP contribution in [0.5, 0.6) is 0 Å². The number of aliphatic carboxylic acids is 1. The van der Waals surface area contributed by atoms with Crippen molar-refractivity contribution in [3.63, 3.8) is 0 Å². The molecular weight excluding hydrogens is 333 g/mol. The molecule has 1 aromatic carbocycles. The van der Waals surface area contributed by atoms with Gasteiger partial charge >= 0.3 is 5.97 Å². The molecule has 1 aromatic rings. The van der Waals surface area contributed by atoms with E-state index in [-0.39, 0.29) is 25.3 Å². The number of hydrogen-bond acceptors (Lipinski definition) is 2. The summed E-state index contributed by atoms with van der Waals surface area (Å²) in [4.78, 5) is 11.0.